The second-order valence-electron chi connectivity index (χ2n) is 8.23. The van der Waals surface area contributed by atoms with Crippen LogP contribution in [-0.4, -0.2) is 74.7 Å². The van der Waals surface area contributed by atoms with Crippen LogP contribution in [0.2, 0.25) is 0 Å². The molecule has 0 unspecified atom stereocenters. The Morgan fingerprint density at radius 1 is 1.15 bits per heavy atom. The summed E-state index contributed by atoms with van der Waals surface area (Å²) < 4.78 is 5.89. The number of nitrogens with one attached hydrogen (secondary N) is 1. The highest BCUT2D eigenvalue weighted by Gasteiger charge is 2.30. The number of likely N-dealkylation sites (N-methyl/N-ethyl adjacent to an activating group) is 1. The Bertz CT molecular complexity index is 705. The Kier molecular flexibility index (Phi) is 5.28. The van der Waals surface area contributed by atoms with E-state index in [0.29, 0.717) is 6.61 Å². The van der Waals surface area contributed by atoms with E-state index in [0.717, 1.165) is 37.0 Å². The van der Waals surface area contributed by atoms with Crippen LogP contribution in [0.4, 0.5) is 11.4 Å². The predicted molar refractivity (Wildman–Crippen MR) is 109 cm³/mol. The molecule has 1 N–H and O–H groups in total. The van der Waals surface area contributed by atoms with Crippen molar-refractivity contribution in [1.82, 2.24) is 9.80 Å². The lowest BCUT2D eigenvalue weighted by molar-refractivity contribution is -0.114. The van der Waals surface area contributed by atoms with E-state index in [9.17, 15) is 4.79 Å². The highest BCUT2D eigenvalue weighted by atomic mass is 16.5. The Balaban J connectivity index is 1.48. The topological polar surface area (TPSA) is 48.1 Å². The molecule has 6 heteroatoms. The smallest absolute Gasteiger partial charge is 0.221 e. The minimum Gasteiger partial charge on any atom is -0.491 e. The summed E-state index contributed by atoms with van der Waals surface area (Å²) in [5.74, 6) is 0.833. The van der Waals surface area contributed by atoms with Crippen LogP contribution in [0.25, 0.3) is 0 Å². The van der Waals surface area contributed by atoms with Gasteiger partial charge < -0.3 is 19.9 Å². The normalized spacial score (nSPS) is 21.8. The van der Waals surface area contributed by atoms with Gasteiger partial charge in [-0.3, -0.25) is 9.69 Å². The molecule has 0 aliphatic carbocycles. The summed E-state index contributed by atoms with van der Waals surface area (Å²) in [5.41, 5.74) is 4.68. The van der Waals surface area contributed by atoms with Gasteiger partial charge in [0.1, 0.15) is 5.75 Å². The van der Waals surface area contributed by atoms with E-state index in [1.165, 1.54) is 55.8 Å². The van der Waals surface area contributed by atoms with Crippen LogP contribution in [0, 0.1) is 6.92 Å². The first-order chi connectivity index (χ1) is 13.0. The van der Waals surface area contributed by atoms with E-state index in [2.05, 4.69) is 40.1 Å². The predicted octanol–water partition coefficient (Wildman–Crippen LogP) is 2.10. The third kappa shape index (κ3) is 3.78. The molecule has 0 bridgehead atoms. The van der Waals surface area contributed by atoms with Crippen LogP contribution in [0.1, 0.15) is 30.9 Å². The lowest BCUT2D eigenvalue weighted by Crippen LogP contribution is -2.52. The van der Waals surface area contributed by atoms with Crippen LogP contribution in [0.5, 0.6) is 5.75 Å². The number of aryl methyl sites for hydroxylation is 1. The summed E-state index contributed by atoms with van der Waals surface area (Å²) in [6, 6.07) is 2.80. The van der Waals surface area contributed by atoms with E-state index in [4.69, 9.17) is 4.74 Å². The number of carbonyl (C=O) groups is 1. The molecule has 0 radical (unpaired) electrons. The van der Waals surface area contributed by atoms with E-state index in [1.807, 2.05) is 0 Å². The van der Waals surface area contributed by atoms with Gasteiger partial charge in [0.2, 0.25) is 5.91 Å². The van der Waals surface area contributed by atoms with E-state index in [-0.39, 0.29) is 5.91 Å². The third-order valence-electron chi connectivity index (χ3n) is 6.28. The van der Waals surface area contributed by atoms with Crippen LogP contribution in [0.15, 0.2) is 6.07 Å². The molecule has 4 rings (SSSR count). The molecule has 0 spiro atoms. The Morgan fingerprint density at radius 2 is 1.85 bits per heavy atom. The fraction of sp³-hybridized carbons (Fsp3) is 0.667. The van der Waals surface area contributed by atoms with E-state index >= 15 is 0 Å². The van der Waals surface area contributed by atoms with E-state index in [1.54, 1.807) is 6.92 Å². The third-order valence-corrected chi connectivity index (χ3v) is 6.28. The zero-order valence-corrected chi connectivity index (χ0v) is 16.9. The number of anilines is 2. The highest BCUT2D eigenvalue weighted by Crippen LogP contribution is 2.43. The Hall–Kier alpha value is -1.79. The number of ether oxygens (including phenoxy) is 1. The number of hydrogen-bond donors (Lipinski definition) is 1. The van der Waals surface area contributed by atoms with Gasteiger partial charge in [-0.25, -0.2) is 0 Å². The minimum absolute atomic E-state index is 0.0483. The molecule has 0 saturated carbocycles. The molecule has 1 aromatic rings. The van der Waals surface area contributed by atoms with Crippen molar-refractivity contribution in [2.24, 2.45) is 0 Å². The zero-order chi connectivity index (χ0) is 19.0. The number of benzene rings is 1. The number of hydrogen-bond acceptors (Lipinski definition) is 5. The average Bonchev–Trinajstić information content (AvgIpc) is 3.12. The molecule has 0 atom stereocenters. The van der Waals surface area contributed by atoms with Gasteiger partial charge in [-0.05, 0) is 38.4 Å². The maximum absolute atomic E-state index is 11.5. The van der Waals surface area contributed by atoms with Gasteiger partial charge in [0.05, 0.1) is 12.3 Å². The molecule has 1 aromatic carbocycles. The number of piperidine rings is 1. The van der Waals surface area contributed by atoms with Gasteiger partial charge in [-0.15, -0.1) is 0 Å². The molecular weight excluding hydrogens is 340 g/mol. The summed E-state index contributed by atoms with van der Waals surface area (Å²) in [6.07, 6.45) is 3.38. The summed E-state index contributed by atoms with van der Waals surface area (Å²) in [5, 5.41) is 2.94. The monoisotopic (exact) mass is 372 g/mol. The first-order valence-corrected chi connectivity index (χ1v) is 10.3. The molecule has 148 valence electrons. The Morgan fingerprint density at radius 3 is 2.52 bits per heavy atom. The quantitative estimate of drug-likeness (QED) is 0.881. The van der Waals surface area contributed by atoms with Crippen molar-refractivity contribution in [3.8, 4) is 5.75 Å². The first kappa shape index (κ1) is 18.6. The molecule has 3 aliphatic rings. The van der Waals surface area contributed by atoms with Crippen molar-refractivity contribution in [2.45, 2.75) is 39.2 Å². The zero-order valence-electron chi connectivity index (χ0n) is 16.9. The lowest BCUT2D eigenvalue weighted by Gasteiger charge is -2.43. The molecule has 2 saturated heterocycles. The van der Waals surface area contributed by atoms with Crippen molar-refractivity contribution >= 4 is 17.3 Å². The number of piperazine rings is 1. The fourth-order valence-electron chi connectivity index (χ4n) is 4.87. The van der Waals surface area contributed by atoms with Crippen molar-refractivity contribution < 1.29 is 9.53 Å². The van der Waals surface area contributed by atoms with Crippen molar-refractivity contribution in [3.63, 3.8) is 0 Å². The summed E-state index contributed by atoms with van der Waals surface area (Å²) in [7, 11) is 2.22. The van der Waals surface area contributed by atoms with Crippen LogP contribution in [-0.2, 0) is 11.2 Å². The largest absolute Gasteiger partial charge is 0.491 e. The average molecular weight is 373 g/mol. The second kappa shape index (κ2) is 7.68. The molecule has 2 fully saturated rings. The number of carbonyl (C=O) groups excluding carboxylic acids is 1. The number of amides is 1. The van der Waals surface area contributed by atoms with Crippen molar-refractivity contribution in [3.05, 3.63) is 17.2 Å². The van der Waals surface area contributed by atoms with Crippen LogP contribution >= 0.6 is 0 Å². The number of nitrogens with zero attached hydrogens (tertiary/aromatic N) is 3. The molecule has 27 heavy (non-hydrogen) atoms. The van der Waals surface area contributed by atoms with Gasteiger partial charge in [-0.2, -0.15) is 0 Å². The summed E-state index contributed by atoms with van der Waals surface area (Å²) in [6.45, 7) is 11.4. The molecule has 1 amide bonds. The number of fused-ring (bicyclic) bond motifs is 1. The van der Waals surface area contributed by atoms with Crippen LogP contribution in [0.3, 0.4) is 0 Å². The SMILES string of the molecule is CC(=O)Nc1cc(C)c(N2CCC(N3CCN(C)CC3)CC2)c2c1OCC2. The second-order valence-corrected chi connectivity index (χ2v) is 8.23. The van der Waals surface area contributed by atoms with Gasteiger partial charge in [0, 0.05) is 69.9 Å². The molecule has 6 nitrogen and oxygen atoms in total. The van der Waals surface area contributed by atoms with Gasteiger partial charge >= 0.3 is 0 Å². The minimum atomic E-state index is -0.0483. The van der Waals surface area contributed by atoms with Gasteiger partial charge in [0.25, 0.3) is 0 Å². The Labute approximate surface area is 162 Å². The van der Waals surface area contributed by atoms with Crippen molar-refractivity contribution in [1.29, 1.82) is 0 Å². The summed E-state index contributed by atoms with van der Waals surface area (Å²) in [4.78, 5) is 19.2. The molecule has 3 heterocycles. The van der Waals surface area contributed by atoms with Gasteiger partial charge in [0.15, 0.2) is 0 Å². The van der Waals surface area contributed by atoms with Crippen LogP contribution < -0.4 is 15.0 Å². The summed E-state index contributed by atoms with van der Waals surface area (Å²) >= 11 is 0. The van der Waals surface area contributed by atoms with Gasteiger partial charge in [-0.1, -0.05) is 0 Å². The molecule has 0 aromatic heterocycles. The maximum Gasteiger partial charge on any atom is 0.221 e. The lowest BCUT2D eigenvalue weighted by atomic mass is 9.97. The molecular formula is C21H32N4O2. The maximum atomic E-state index is 11.5. The van der Waals surface area contributed by atoms with E-state index < -0.39 is 0 Å². The highest BCUT2D eigenvalue weighted by molar-refractivity contribution is 5.92. The molecule has 3 aliphatic heterocycles. The number of rotatable bonds is 3. The first-order valence-electron chi connectivity index (χ1n) is 10.3. The fourth-order valence-corrected chi connectivity index (χ4v) is 4.87. The standard InChI is InChI=1S/C21H32N4O2/c1-15-14-19(22-16(2)26)21-18(6-13-27-21)20(15)25-7-4-17(5-8-25)24-11-9-23(3)10-12-24/h14,17H,4-13H2,1-3H3,(H,22,26). The van der Waals surface area contributed by atoms with Crippen molar-refractivity contribution in [2.75, 3.05) is 63.1 Å².